The first-order valence-corrected chi connectivity index (χ1v) is 7.17. The van der Waals surface area contributed by atoms with E-state index in [1.165, 1.54) is 7.11 Å². The van der Waals surface area contributed by atoms with Crippen LogP contribution in [0.5, 0.6) is 0 Å². The zero-order chi connectivity index (χ0) is 14.1. The Morgan fingerprint density at radius 3 is 2.75 bits per heavy atom. The van der Waals surface area contributed by atoms with Crippen LogP contribution in [0.4, 0.5) is 0 Å². The van der Waals surface area contributed by atoms with Crippen molar-refractivity contribution in [3.05, 3.63) is 64.7 Å². The second kappa shape index (κ2) is 5.13. The molecule has 20 heavy (non-hydrogen) atoms. The van der Waals surface area contributed by atoms with Gasteiger partial charge in [0.1, 0.15) is 0 Å². The highest BCUT2D eigenvalue weighted by molar-refractivity contribution is 7.98. The molecule has 4 heteroatoms. The molecule has 0 saturated carbocycles. The summed E-state index contributed by atoms with van der Waals surface area (Å²) in [5.74, 6) is 0.293. The van der Waals surface area contributed by atoms with Crippen molar-refractivity contribution in [1.82, 2.24) is 0 Å². The molecular formula is C16H12O3S. The van der Waals surface area contributed by atoms with Crippen LogP contribution in [0.2, 0.25) is 0 Å². The Hall–Kier alpha value is -2.07. The quantitative estimate of drug-likeness (QED) is 0.754. The number of hydrogen-bond donors (Lipinski definition) is 0. The van der Waals surface area contributed by atoms with E-state index >= 15 is 0 Å². The predicted molar refractivity (Wildman–Crippen MR) is 77.2 cm³/mol. The van der Waals surface area contributed by atoms with E-state index in [0.29, 0.717) is 16.7 Å². The zero-order valence-electron chi connectivity index (χ0n) is 10.9. The van der Waals surface area contributed by atoms with Gasteiger partial charge in [-0.15, -0.1) is 11.8 Å². The lowest BCUT2D eigenvalue weighted by Gasteiger charge is -2.06. The molecule has 0 atom stereocenters. The van der Waals surface area contributed by atoms with Gasteiger partial charge in [0, 0.05) is 21.8 Å². The van der Waals surface area contributed by atoms with E-state index in [1.807, 2.05) is 30.3 Å². The number of carbonyl (C=O) groups excluding carboxylic acids is 2. The number of thioether (sulfide) groups is 1. The van der Waals surface area contributed by atoms with Gasteiger partial charge < -0.3 is 4.74 Å². The van der Waals surface area contributed by atoms with Crippen LogP contribution in [-0.4, -0.2) is 18.9 Å². The van der Waals surface area contributed by atoms with E-state index in [9.17, 15) is 9.59 Å². The molecule has 0 saturated heterocycles. The van der Waals surface area contributed by atoms with Gasteiger partial charge in [0.2, 0.25) is 0 Å². The van der Waals surface area contributed by atoms with Gasteiger partial charge in [-0.25, -0.2) is 4.79 Å². The molecule has 2 aromatic carbocycles. The Bertz CT molecular complexity index is 707. The van der Waals surface area contributed by atoms with Crippen molar-refractivity contribution in [2.75, 3.05) is 7.11 Å². The lowest BCUT2D eigenvalue weighted by Crippen LogP contribution is -2.07. The highest BCUT2D eigenvalue weighted by atomic mass is 32.2. The maximum Gasteiger partial charge on any atom is 0.337 e. The number of hydrogen-bond acceptors (Lipinski definition) is 4. The molecule has 0 N–H and O–H groups in total. The van der Waals surface area contributed by atoms with Crippen LogP contribution in [0, 0.1) is 0 Å². The third kappa shape index (κ3) is 2.12. The minimum Gasteiger partial charge on any atom is -0.465 e. The number of fused-ring (bicyclic) bond motifs is 2. The molecule has 0 aromatic heterocycles. The van der Waals surface area contributed by atoms with Crippen molar-refractivity contribution in [2.24, 2.45) is 0 Å². The zero-order valence-corrected chi connectivity index (χ0v) is 11.7. The van der Waals surface area contributed by atoms with E-state index in [1.54, 1.807) is 23.9 Å². The minimum absolute atomic E-state index is 0.0358. The monoisotopic (exact) mass is 284 g/mol. The smallest absolute Gasteiger partial charge is 0.337 e. The van der Waals surface area contributed by atoms with Crippen LogP contribution in [0.25, 0.3) is 0 Å². The Morgan fingerprint density at radius 1 is 1.15 bits per heavy atom. The minimum atomic E-state index is -0.428. The lowest BCUT2D eigenvalue weighted by molar-refractivity contribution is 0.0600. The molecule has 0 radical (unpaired) electrons. The summed E-state index contributed by atoms with van der Waals surface area (Å²) >= 11 is 1.61. The molecule has 1 heterocycles. The van der Waals surface area contributed by atoms with Crippen molar-refractivity contribution in [3.63, 3.8) is 0 Å². The highest BCUT2D eigenvalue weighted by Crippen LogP contribution is 2.34. The summed E-state index contributed by atoms with van der Waals surface area (Å²) in [5, 5.41) is 0. The number of rotatable bonds is 1. The molecule has 100 valence electrons. The van der Waals surface area contributed by atoms with Gasteiger partial charge in [-0.1, -0.05) is 24.3 Å². The molecule has 1 aliphatic rings. The van der Waals surface area contributed by atoms with Crippen molar-refractivity contribution >= 4 is 23.5 Å². The fraction of sp³-hybridized carbons (Fsp3) is 0.125. The van der Waals surface area contributed by atoms with Gasteiger partial charge in [0.25, 0.3) is 0 Å². The van der Waals surface area contributed by atoms with Gasteiger partial charge in [-0.3, -0.25) is 4.79 Å². The lowest BCUT2D eigenvalue weighted by atomic mass is 9.98. The molecule has 0 spiro atoms. The summed E-state index contributed by atoms with van der Waals surface area (Å²) in [4.78, 5) is 25.1. The molecule has 2 aromatic rings. The summed E-state index contributed by atoms with van der Waals surface area (Å²) in [5.41, 5.74) is 2.71. The maximum atomic E-state index is 12.6. The van der Waals surface area contributed by atoms with Crippen molar-refractivity contribution in [3.8, 4) is 0 Å². The van der Waals surface area contributed by atoms with Crippen LogP contribution < -0.4 is 0 Å². The molecule has 3 nitrogen and oxygen atoms in total. The van der Waals surface area contributed by atoms with E-state index in [4.69, 9.17) is 4.74 Å². The predicted octanol–water partition coefficient (Wildman–Crippen LogP) is 3.31. The topological polar surface area (TPSA) is 43.4 Å². The molecule has 3 rings (SSSR count). The molecule has 0 unspecified atom stereocenters. The molecule has 0 amide bonds. The second-order valence-electron chi connectivity index (χ2n) is 4.48. The van der Waals surface area contributed by atoms with E-state index in [0.717, 1.165) is 16.2 Å². The standard InChI is InChI=1S/C16H12O3S/c1-19-16(18)10-6-7-14-13(8-10)15(17)12-5-3-2-4-11(12)9-20-14/h2-8H,9H2,1H3. The number of esters is 1. The largest absolute Gasteiger partial charge is 0.465 e. The third-order valence-electron chi connectivity index (χ3n) is 3.29. The number of carbonyl (C=O) groups is 2. The Morgan fingerprint density at radius 2 is 1.95 bits per heavy atom. The van der Waals surface area contributed by atoms with Crippen molar-refractivity contribution in [1.29, 1.82) is 0 Å². The normalized spacial score (nSPS) is 13.2. The van der Waals surface area contributed by atoms with Crippen LogP contribution in [0.15, 0.2) is 47.4 Å². The Kier molecular flexibility index (Phi) is 3.32. The number of methoxy groups -OCH3 is 1. The average molecular weight is 284 g/mol. The maximum absolute atomic E-state index is 12.6. The van der Waals surface area contributed by atoms with Gasteiger partial charge >= 0.3 is 5.97 Å². The average Bonchev–Trinajstić information content (AvgIpc) is 2.64. The van der Waals surface area contributed by atoms with Crippen molar-refractivity contribution in [2.45, 2.75) is 10.6 Å². The highest BCUT2D eigenvalue weighted by Gasteiger charge is 2.22. The Labute approximate surface area is 121 Å². The molecule has 0 fully saturated rings. The second-order valence-corrected chi connectivity index (χ2v) is 5.49. The number of ketones is 1. The van der Waals surface area contributed by atoms with Crippen LogP contribution >= 0.6 is 11.8 Å². The molecule has 1 aliphatic heterocycles. The Balaban J connectivity index is 2.13. The van der Waals surface area contributed by atoms with Crippen LogP contribution in [0.1, 0.15) is 31.8 Å². The van der Waals surface area contributed by atoms with Gasteiger partial charge in [0.05, 0.1) is 12.7 Å². The summed E-state index contributed by atoms with van der Waals surface area (Å²) in [6, 6.07) is 12.7. The summed E-state index contributed by atoms with van der Waals surface area (Å²) < 4.78 is 4.71. The first kappa shape index (κ1) is 12.9. The van der Waals surface area contributed by atoms with E-state index < -0.39 is 5.97 Å². The SMILES string of the molecule is COC(=O)c1ccc2c(c1)C(=O)c1ccccc1CS2. The number of benzene rings is 2. The van der Waals surface area contributed by atoms with Gasteiger partial charge in [0.15, 0.2) is 5.78 Å². The van der Waals surface area contributed by atoms with Crippen LogP contribution in [-0.2, 0) is 10.5 Å². The molecule has 0 bridgehead atoms. The number of ether oxygens (including phenoxy) is 1. The third-order valence-corrected chi connectivity index (χ3v) is 4.41. The van der Waals surface area contributed by atoms with Crippen molar-refractivity contribution < 1.29 is 14.3 Å². The fourth-order valence-electron chi connectivity index (χ4n) is 2.25. The molecular weight excluding hydrogens is 272 g/mol. The van der Waals surface area contributed by atoms with Crippen LogP contribution in [0.3, 0.4) is 0 Å². The van der Waals surface area contributed by atoms with E-state index in [2.05, 4.69) is 0 Å². The first-order valence-electron chi connectivity index (χ1n) is 6.18. The van der Waals surface area contributed by atoms with Gasteiger partial charge in [-0.05, 0) is 23.8 Å². The molecule has 0 aliphatic carbocycles. The summed E-state index contributed by atoms with van der Waals surface area (Å²) in [7, 11) is 1.33. The summed E-state index contributed by atoms with van der Waals surface area (Å²) in [6.07, 6.45) is 0. The van der Waals surface area contributed by atoms with E-state index in [-0.39, 0.29) is 5.78 Å². The first-order chi connectivity index (χ1) is 9.70. The fourth-order valence-corrected chi connectivity index (χ4v) is 3.28. The summed E-state index contributed by atoms with van der Waals surface area (Å²) in [6.45, 7) is 0. The van der Waals surface area contributed by atoms with Gasteiger partial charge in [-0.2, -0.15) is 0 Å².